The van der Waals surface area contributed by atoms with Crippen molar-refractivity contribution in [2.24, 2.45) is 0 Å². The van der Waals surface area contributed by atoms with Crippen molar-refractivity contribution in [3.05, 3.63) is 70.3 Å². The van der Waals surface area contributed by atoms with Gasteiger partial charge in [-0.1, -0.05) is 15.9 Å². The van der Waals surface area contributed by atoms with Crippen molar-refractivity contribution in [3.8, 4) is 11.3 Å². The minimum atomic E-state index is 0. The van der Waals surface area contributed by atoms with Crippen LogP contribution in [0.3, 0.4) is 0 Å². The Hall–Kier alpha value is -1.49. The first-order valence-corrected chi connectivity index (χ1v) is 7.60. The van der Waals surface area contributed by atoms with Crippen molar-refractivity contribution < 1.29 is 8.83 Å². The highest BCUT2D eigenvalue weighted by Gasteiger charge is 2.08. The maximum Gasteiger partial charge on any atom is 0.134 e. The minimum absolute atomic E-state index is 0. The van der Waals surface area contributed by atoms with Crippen LogP contribution in [0.15, 0.2) is 62.0 Å². The van der Waals surface area contributed by atoms with E-state index < -0.39 is 0 Å². The highest BCUT2D eigenvalue weighted by molar-refractivity contribution is 9.10. The zero-order chi connectivity index (χ0) is 14.7. The lowest BCUT2D eigenvalue weighted by Crippen LogP contribution is -2.11. The van der Waals surface area contributed by atoms with Crippen LogP contribution in [0.1, 0.15) is 17.1 Å². The molecule has 2 aromatic heterocycles. The summed E-state index contributed by atoms with van der Waals surface area (Å²) in [6.07, 6.45) is 1.68. The molecule has 0 fully saturated rings. The summed E-state index contributed by atoms with van der Waals surface area (Å²) in [4.78, 5) is 0. The van der Waals surface area contributed by atoms with E-state index in [9.17, 15) is 0 Å². The van der Waals surface area contributed by atoms with Crippen LogP contribution < -0.4 is 5.32 Å². The Balaban J connectivity index is 0.00000176. The summed E-state index contributed by atoms with van der Waals surface area (Å²) >= 11 is 3.48. The van der Waals surface area contributed by atoms with Gasteiger partial charge in [0, 0.05) is 10.0 Å². The highest BCUT2D eigenvalue weighted by atomic mass is 79.9. The second-order valence-electron chi connectivity index (χ2n) is 4.91. The van der Waals surface area contributed by atoms with E-state index in [1.54, 1.807) is 6.26 Å². The lowest BCUT2D eigenvalue weighted by atomic mass is 10.1. The first-order chi connectivity index (χ1) is 10.2. The molecule has 2 heterocycles. The van der Waals surface area contributed by atoms with Gasteiger partial charge in [0.15, 0.2) is 0 Å². The van der Waals surface area contributed by atoms with E-state index in [0.29, 0.717) is 13.1 Å². The van der Waals surface area contributed by atoms with Gasteiger partial charge in [-0.05, 0) is 55.0 Å². The van der Waals surface area contributed by atoms with Crippen molar-refractivity contribution in [2.45, 2.75) is 20.0 Å². The number of rotatable bonds is 5. The minimum Gasteiger partial charge on any atom is -0.468 e. The fraction of sp³-hybridized carbons (Fsp3) is 0.176. The van der Waals surface area contributed by atoms with Gasteiger partial charge >= 0.3 is 0 Å². The van der Waals surface area contributed by atoms with Crippen LogP contribution >= 0.6 is 28.3 Å². The van der Waals surface area contributed by atoms with Crippen molar-refractivity contribution in [1.82, 2.24) is 5.32 Å². The average molecular weight is 383 g/mol. The Morgan fingerprint density at radius 1 is 1.05 bits per heavy atom. The van der Waals surface area contributed by atoms with E-state index in [-0.39, 0.29) is 12.4 Å². The molecule has 0 bridgehead atoms. The van der Waals surface area contributed by atoms with Gasteiger partial charge in [0.25, 0.3) is 0 Å². The normalized spacial score (nSPS) is 10.5. The number of furan rings is 2. The van der Waals surface area contributed by atoms with Crippen molar-refractivity contribution in [3.63, 3.8) is 0 Å². The molecule has 3 aromatic rings. The van der Waals surface area contributed by atoms with E-state index in [2.05, 4.69) is 40.3 Å². The molecule has 0 radical (unpaired) electrons. The molecule has 0 amide bonds. The predicted octanol–water partition coefficient (Wildman–Crippen LogP) is 5.32. The predicted molar refractivity (Wildman–Crippen MR) is 93.1 cm³/mol. The number of benzene rings is 1. The van der Waals surface area contributed by atoms with Crippen LogP contribution in [0.25, 0.3) is 11.3 Å². The first kappa shape index (κ1) is 16.9. The summed E-state index contributed by atoms with van der Waals surface area (Å²) in [6, 6.07) is 14.0. The molecule has 116 valence electrons. The fourth-order valence-corrected chi connectivity index (χ4v) is 2.72. The second-order valence-corrected chi connectivity index (χ2v) is 5.82. The smallest absolute Gasteiger partial charge is 0.134 e. The summed E-state index contributed by atoms with van der Waals surface area (Å²) in [5, 5.41) is 3.30. The molecule has 0 saturated carbocycles. The van der Waals surface area contributed by atoms with E-state index in [1.165, 1.54) is 5.56 Å². The summed E-state index contributed by atoms with van der Waals surface area (Å²) < 4.78 is 12.3. The maximum absolute atomic E-state index is 5.90. The monoisotopic (exact) mass is 381 g/mol. The van der Waals surface area contributed by atoms with E-state index in [4.69, 9.17) is 8.83 Å². The zero-order valence-corrected chi connectivity index (χ0v) is 14.5. The molecular formula is C17H17BrClNO2. The molecule has 3 nitrogen and oxygen atoms in total. The molecule has 1 N–H and O–H groups in total. The van der Waals surface area contributed by atoms with Gasteiger partial charge in [-0.2, -0.15) is 0 Å². The largest absolute Gasteiger partial charge is 0.468 e. The van der Waals surface area contributed by atoms with E-state index >= 15 is 0 Å². The van der Waals surface area contributed by atoms with Gasteiger partial charge in [-0.25, -0.2) is 0 Å². The van der Waals surface area contributed by atoms with Crippen molar-refractivity contribution in [1.29, 1.82) is 0 Å². The number of aryl methyl sites for hydroxylation is 1. The zero-order valence-electron chi connectivity index (χ0n) is 12.1. The second kappa shape index (κ2) is 7.68. The van der Waals surface area contributed by atoms with Gasteiger partial charge in [0.05, 0.1) is 19.4 Å². The molecule has 0 aliphatic rings. The Labute approximate surface area is 144 Å². The summed E-state index contributed by atoms with van der Waals surface area (Å²) in [5.74, 6) is 2.74. The molecule has 0 unspecified atom stereocenters. The molecule has 0 spiro atoms. The Kier molecular flexibility index (Phi) is 5.89. The molecule has 0 atom stereocenters. The van der Waals surface area contributed by atoms with Gasteiger partial charge in [0.2, 0.25) is 0 Å². The molecule has 5 heteroatoms. The standard InChI is InChI=1S/C17H16BrNO2.ClH/c1-12-9-13(18)4-6-16(12)17-7-5-15(21-17)11-19-10-14-3-2-8-20-14;/h2-9,19H,10-11H2,1H3;1H. The summed E-state index contributed by atoms with van der Waals surface area (Å²) in [5.41, 5.74) is 2.31. The van der Waals surface area contributed by atoms with Crippen molar-refractivity contribution in [2.75, 3.05) is 0 Å². The van der Waals surface area contributed by atoms with Crippen LogP contribution in [0.4, 0.5) is 0 Å². The van der Waals surface area contributed by atoms with Gasteiger partial charge in [0.1, 0.15) is 17.3 Å². The highest BCUT2D eigenvalue weighted by Crippen LogP contribution is 2.27. The third-order valence-electron chi connectivity index (χ3n) is 3.29. The van der Waals surface area contributed by atoms with Crippen LogP contribution in [0.5, 0.6) is 0 Å². The molecular weight excluding hydrogens is 366 g/mol. The number of halogens is 2. The Bertz CT molecular complexity index is 722. The van der Waals surface area contributed by atoms with Gasteiger partial charge < -0.3 is 14.2 Å². The Morgan fingerprint density at radius 3 is 2.59 bits per heavy atom. The number of hydrogen-bond acceptors (Lipinski definition) is 3. The lowest BCUT2D eigenvalue weighted by molar-refractivity contribution is 0.455. The fourth-order valence-electron chi connectivity index (χ4n) is 2.24. The summed E-state index contributed by atoms with van der Waals surface area (Å²) in [6.45, 7) is 3.45. The summed E-state index contributed by atoms with van der Waals surface area (Å²) in [7, 11) is 0. The topological polar surface area (TPSA) is 38.3 Å². The molecule has 1 aromatic carbocycles. The maximum atomic E-state index is 5.90. The van der Waals surface area contributed by atoms with Crippen LogP contribution in [0, 0.1) is 6.92 Å². The van der Waals surface area contributed by atoms with E-state index in [0.717, 1.165) is 27.3 Å². The first-order valence-electron chi connectivity index (χ1n) is 6.81. The third-order valence-corrected chi connectivity index (χ3v) is 3.79. The van der Waals surface area contributed by atoms with Crippen LogP contribution in [0.2, 0.25) is 0 Å². The molecule has 22 heavy (non-hydrogen) atoms. The SMILES string of the molecule is Cc1cc(Br)ccc1-c1ccc(CNCc2ccco2)o1.Cl. The van der Waals surface area contributed by atoms with Crippen LogP contribution in [-0.2, 0) is 13.1 Å². The quantitative estimate of drug-likeness (QED) is 0.649. The van der Waals surface area contributed by atoms with Gasteiger partial charge in [-0.15, -0.1) is 12.4 Å². The molecule has 0 aliphatic carbocycles. The Morgan fingerprint density at radius 2 is 1.86 bits per heavy atom. The van der Waals surface area contributed by atoms with Crippen molar-refractivity contribution >= 4 is 28.3 Å². The molecule has 0 aliphatic heterocycles. The van der Waals surface area contributed by atoms with E-state index in [1.807, 2.05) is 30.3 Å². The lowest BCUT2D eigenvalue weighted by Gasteiger charge is -2.03. The average Bonchev–Trinajstić information content (AvgIpc) is 3.10. The molecule has 0 saturated heterocycles. The number of nitrogens with one attached hydrogen (secondary N) is 1. The van der Waals surface area contributed by atoms with Crippen LogP contribution in [-0.4, -0.2) is 0 Å². The molecule has 3 rings (SSSR count). The third kappa shape index (κ3) is 4.03. The van der Waals surface area contributed by atoms with Gasteiger partial charge in [-0.3, -0.25) is 0 Å². The number of hydrogen-bond donors (Lipinski definition) is 1.